The molecule has 0 saturated heterocycles. The summed E-state index contributed by atoms with van der Waals surface area (Å²) < 4.78 is 9.45. The number of nitrogens with zero attached hydrogens (tertiary/aromatic N) is 4. The second-order valence-electron chi connectivity index (χ2n) is 11.2. The molecule has 5 aromatic rings. The Morgan fingerprint density at radius 3 is 2.39 bits per heavy atom. The maximum Gasteiger partial charge on any atom is 0.338 e. The summed E-state index contributed by atoms with van der Waals surface area (Å²) in [6.45, 7) is 11.8. The zero-order valence-corrected chi connectivity index (χ0v) is 28.0. The summed E-state index contributed by atoms with van der Waals surface area (Å²) in [5.74, 6) is -0.522. The molecule has 7 nitrogen and oxygen atoms in total. The molecule has 0 saturated carbocycles. The predicted octanol–water partition coefficient (Wildman–Crippen LogP) is 6.46. The number of allylic oxidation sites excluding steroid dienone is 1. The fraction of sp³-hybridized carbons (Fsp3) is 0.189. The summed E-state index contributed by atoms with van der Waals surface area (Å²) in [6, 6.07) is 21.4. The van der Waals surface area contributed by atoms with E-state index in [1.54, 1.807) is 23.3 Å². The Morgan fingerprint density at radius 2 is 1.74 bits per heavy atom. The molecule has 6 rings (SSSR count). The number of thiazole rings is 1. The molecule has 0 N–H and O–H groups in total. The molecule has 2 aromatic heterocycles. The van der Waals surface area contributed by atoms with E-state index in [9.17, 15) is 9.59 Å². The number of aryl methyl sites for hydroxylation is 3. The zero-order valence-electron chi connectivity index (χ0n) is 26.4. The van der Waals surface area contributed by atoms with Crippen LogP contribution in [0.5, 0.6) is 0 Å². The van der Waals surface area contributed by atoms with Gasteiger partial charge in [0, 0.05) is 22.2 Å². The maximum atomic E-state index is 14.4. The molecule has 3 heterocycles. The highest BCUT2D eigenvalue weighted by Crippen LogP contribution is 2.33. The number of fused-ring (bicyclic) bond motifs is 1. The van der Waals surface area contributed by atoms with E-state index in [4.69, 9.17) is 14.8 Å². The van der Waals surface area contributed by atoms with Crippen LogP contribution in [0.4, 0.5) is 0 Å². The predicted molar refractivity (Wildman–Crippen MR) is 186 cm³/mol. The molecule has 0 bridgehead atoms. The topological polar surface area (TPSA) is 78.5 Å². The second-order valence-corrected chi connectivity index (χ2v) is 13.1. The third kappa shape index (κ3) is 5.84. The van der Waals surface area contributed by atoms with Gasteiger partial charge < -0.3 is 4.74 Å². The van der Waals surface area contributed by atoms with Crippen LogP contribution in [0.15, 0.2) is 112 Å². The summed E-state index contributed by atoms with van der Waals surface area (Å²) in [6.07, 6.45) is 7.39. The Hall–Kier alpha value is -4.73. The van der Waals surface area contributed by atoms with Crippen LogP contribution >= 0.6 is 23.1 Å². The third-order valence-electron chi connectivity index (χ3n) is 7.97. The standard InChI is InChI=1S/C37H34N4O3S2/c1-7-17-44-36(43)32-25(5)38-37-41(34(32)26-13-15-29(45-6)16-14-26)35(42)30(46-37)20-27-21-40(28-11-9-8-10-12-28)39-33(27)31-23(3)18-22(2)19-24(31)4/h7-16,18-21,34H,1,17H2,2-6H3. The molecule has 0 spiro atoms. The van der Waals surface area contributed by atoms with Gasteiger partial charge in [0.2, 0.25) is 0 Å². The summed E-state index contributed by atoms with van der Waals surface area (Å²) in [4.78, 5) is 34.1. The first-order valence-electron chi connectivity index (χ1n) is 14.9. The number of carbonyl (C=O) groups is 1. The van der Waals surface area contributed by atoms with E-state index in [1.165, 1.54) is 23.0 Å². The van der Waals surface area contributed by atoms with Crippen LogP contribution in [-0.4, -0.2) is 33.2 Å². The molecule has 0 aliphatic carbocycles. The molecular formula is C37H34N4O3S2. The molecular weight excluding hydrogens is 613 g/mol. The quantitative estimate of drug-likeness (QED) is 0.110. The average Bonchev–Trinajstić information content (AvgIpc) is 3.59. The number of para-hydroxylation sites is 1. The van der Waals surface area contributed by atoms with Crippen molar-refractivity contribution in [3.05, 3.63) is 144 Å². The van der Waals surface area contributed by atoms with Crippen LogP contribution in [0, 0.1) is 20.8 Å². The van der Waals surface area contributed by atoms with Gasteiger partial charge in [-0.05, 0) is 81.0 Å². The molecule has 1 atom stereocenters. The van der Waals surface area contributed by atoms with E-state index in [0.29, 0.717) is 20.6 Å². The third-order valence-corrected chi connectivity index (χ3v) is 9.70. The molecule has 232 valence electrons. The first-order valence-corrected chi connectivity index (χ1v) is 16.9. The number of rotatable bonds is 8. The van der Waals surface area contributed by atoms with Gasteiger partial charge in [0.05, 0.1) is 27.5 Å². The van der Waals surface area contributed by atoms with Crippen LogP contribution in [0.1, 0.15) is 40.8 Å². The lowest BCUT2D eigenvalue weighted by molar-refractivity contribution is -0.138. The average molecular weight is 647 g/mol. The van der Waals surface area contributed by atoms with E-state index >= 15 is 0 Å². The Bertz CT molecular complexity index is 2170. The molecule has 46 heavy (non-hydrogen) atoms. The van der Waals surface area contributed by atoms with Crippen molar-refractivity contribution in [1.29, 1.82) is 0 Å². The number of carbonyl (C=O) groups excluding carboxylic acids is 1. The SMILES string of the molecule is C=CCOC(=O)C1=C(C)N=c2sc(=Cc3cn(-c4ccccc4)nc3-c3c(C)cc(C)cc3C)c(=O)n2C1c1ccc(SC)cc1. The molecule has 0 fully saturated rings. The lowest BCUT2D eigenvalue weighted by atomic mass is 9.95. The lowest BCUT2D eigenvalue weighted by Crippen LogP contribution is -2.39. The molecule has 3 aromatic carbocycles. The molecule has 1 unspecified atom stereocenters. The fourth-order valence-corrected chi connectivity index (χ4v) is 7.44. The van der Waals surface area contributed by atoms with Crippen molar-refractivity contribution in [2.24, 2.45) is 4.99 Å². The second kappa shape index (κ2) is 12.9. The highest BCUT2D eigenvalue weighted by atomic mass is 32.2. The van der Waals surface area contributed by atoms with Crippen molar-refractivity contribution in [3.63, 3.8) is 0 Å². The Balaban J connectivity index is 1.57. The normalized spacial score (nSPS) is 14.6. The highest BCUT2D eigenvalue weighted by Gasteiger charge is 2.33. The maximum absolute atomic E-state index is 14.4. The first-order chi connectivity index (χ1) is 22.2. The lowest BCUT2D eigenvalue weighted by Gasteiger charge is -2.24. The van der Waals surface area contributed by atoms with Gasteiger partial charge in [-0.3, -0.25) is 9.36 Å². The summed E-state index contributed by atoms with van der Waals surface area (Å²) in [5, 5.41) is 5.04. The molecule has 1 aliphatic heterocycles. The molecule has 0 amide bonds. The molecule has 1 aliphatic rings. The van der Waals surface area contributed by atoms with Gasteiger partial charge in [0.25, 0.3) is 5.56 Å². The number of thioether (sulfide) groups is 1. The van der Waals surface area contributed by atoms with Crippen molar-refractivity contribution in [2.75, 3.05) is 12.9 Å². The first kappa shape index (κ1) is 31.3. The Morgan fingerprint density at radius 1 is 1.04 bits per heavy atom. The zero-order chi connectivity index (χ0) is 32.5. The van der Waals surface area contributed by atoms with Crippen molar-refractivity contribution in [1.82, 2.24) is 14.3 Å². The summed E-state index contributed by atoms with van der Waals surface area (Å²) >= 11 is 2.93. The van der Waals surface area contributed by atoms with E-state index in [0.717, 1.165) is 44.1 Å². The number of esters is 1. The van der Waals surface area contributed by atoms with Crippen molar-refractivity contribution >= 4 is 35.1 Å². The van der Waals surface area contributed by atoms with Crippen LogP contribution in [-0.2, 0) is 9.53 Å². The minimum Gasteiger partial charge on any atom is -0.458 e. The largest absolute Gasteiger partial charge is 0.458 e. The van der Waals surface area contributed by atoms with Crippen LogP contribution < -0.4 is 14.9 Å². The fourth-order valence-electron chi connectivity index (χ4n) is 5.99. The smallest absolute Gasteiger partial charge is 0.338 e. The number of hydrogen-bond acceptors (Lipinski definition) is 7. The minimum absolute atomic E-state index is 0.0597. The van der Waals surface area contributed by atoms with Gasteiger partial charge in [0.1, 0.15) is 12.3 Å². The minimum atomic E-state index is -0.695. The summed E-state index contributed by atoms with van der Waals surface area (Å²) in [5.41, 5.74) is 8.37. The van der Waals surface area contributed by atoms with E-state index < -0.39 is 12.0 Å². The van der Waals surface area contributed by atoms with Crippen LogP contribution in [0.2, 0.25) is 0 Å². The Kier molecular flexibility index (Phi) is 8.80. The van der Waals surface area contributed by atoms with Crippen molar-refractivity contribution in [3.8, 4) is 16.9 Å². The molecule has 0 radical (unpaired) electrons. The number of hydrogen-bond donors (Lipinski definition) is 0. The van der Waals surface area contributed by atoms with E-state index in [-0.39, 0.29) is 12.2 Å². The van der Waals surface area contributed by atoms with Gasteiger partial charge in [-0.15, -0.1) is 11.8 Å². The van der Waals surface area contributed by atoms with Crippen LogP contribution in [0.25, 0.3) is 23.0 Å². The van der Waals surface area contributed by atoms with Gasteiger partial charge in [-0.25, -0.2) is 14.5 Å². The van der Waals surface area contributed by atoms with Crippen LogP contribution in [0.3, 0.4) is 0 Å². The van der Waals surface area contributed by atoms with Crippen molar-refractivity contribution < 1.29 is 9.53 Å². The van der Waals surface area contributed by atoms with Crippen molar-refractivity contribution in [2.45, 2.75) is 38.6 Å². The number of ether oxygens (including phenoxy) is 1. The molecule has 9 heteroatoms. The number of benzene rings is 3. The Labute approximate surface area is 275 Å². The highest BCUT2D eigenvalue weighted by molar-refractivity contribution is 7.98. The van der Waals surface area contributed by atoms with Gasteiger partial charge in [-0.1, -0.05) is 72.0 Å². The van der Waals surface area contributed by atoms with Gasteiger partial charge in [-0.2, -0.15) is 5.10 Å². The van der Waals surface area contributed by atoms with E-state index in [2.05, 4.69) is 39.5 Å². The monoisotopic (exact) mass is 646 g/mol. The summed E-state index contributed by atoms with van der Waals surface area (Å²) in [7, 11) is 0. The number of aromatic nitrogens is 3. The van der Waals surface area contributed by atoms with Gasteiger partial charge >= 0.3 is 5.97 Å². The van der Waals surface area contributed by atoms with Gasteiger partial charge in [0.15, 0.2) is 4.80 Å². The van der Waals surface area contributed by atoms with E-state index in [1.807, 2.05) is 77.8 Å².